The number of esters is 1. The molecule has 4 heterocycles. The molecule has 0 bridgehead atoms. The molecule has 0 radical (unpaired) electrons. The number of ether oxygens (including phenoxy) is 5. The number of piperidine rings is 2. The second-order valence-electron chi connectivity index (χ2n) is 34.4. The quantitative estimate of drug-likeness (QED) is 0.124. The molecule has 12 aliphatic rings. The van der Waals surface area contributed by atoms with Gasteiger partial charge in [-0.15, -0.1) is 0 Å². The number of ketones is 1. The van der Waals surface area contributed by atoms with Crippen LogP contribution >= 0.6 is 0 Å². The minimum absolute atomic E-state index is 0.0760. The molecule has 13 heteroatoms. The van der Waals surface area contributed by atoms with Crippen LogP contribution in [0.4, 0.5) is 9.59 Å². The summed E-state index contributed by atoms with van der Waals surface area (Å²) < 4.78 is 30.9. The van der Waals surface area contributed by atoms with E-state index in [-0.39, 0.29) is 71.6 Å². The van der Waals surface area contributed by atoms with Crippen LogP contribution in [-0.4, -0.2) is 118 Å². The number of aliphatic hydroxyl groups excluding tert-OH is 1. The minimum atomic E-state index is -0.242. The van der Waals surface area contributed by atoms with E-state index in [0.717, 1.165) is 124 Å². The van der Waals surface area contributed by atoms with Gasteiger partial charge in [-0.1, -0.05) is 176 Å². The molecule has 1 N–H and O–H groups in total. The topological polar surface area (TPSA) is 144 Å². The molecule has 2 amide bonds. The first kappa shape index (κ1) is 74.4. The lowest BCUT2D eigenvalue weighted by Gasteiger charge is -2.53. The summed E-state index contributed by atoms with van der Waals surface area (Å²) in [5.41, 5.74) is 10.0. The van der Waals surface area contributed by atoms with Crippen molar-refractivity contribution in [1.82, 2.24) is 14.7 Å². The normalized spacial score (nSPS) is 38.3. The molecule has 3 aromatic carbocycles. The van der Waals surface area contributed by atoms with Crippen molar-refractivity contribution in [3.05, 3.63) is 130 Å². The summed E-state index contributed by atoms with van der Waals surface area (Å²) in [5, 5.41) is 10.4. The third-order valence-corrected chi connectivity index (χ3v) is 28.8. The minimum Gasteiger partial charge on any atom is -0.461 e. The highest BCUT2D eigenvalue weighted by Crippen LogP contribution is 2.67. The molecule has 4 saturated heterocycles. The summed E-state index contributed by atoms with van der Waals surface area (Å²) in [7, 11) is 0. The van der Waals surface area contributed by atoms with Crippen molar-refractivity contribution >= 4 is 23.9 Å². The maximum absolute atomic E-state index is 13.5. The summed E-state index contributed by atoms with van der Waals surface area (Å²) in [4.78, 5) is 56.2. The van der Waals surface area contributed by atoms with Crippen molar-refractivity contribution < 1.29 is 48.0 Å². The van der Waals surface area contributed by atoms with Crippen LogP contribution in [0.2, 0.25) is 0 Å². The predicted molar refractivity (Wildman–Crippen MR) is 394 cm³/mol. The van der Waals surface area contributed by atoms with Crippen molar-refractivity contribution in [2.45, 2.75) is 273 Å². The number of Topliss-reactive ketones (excluding diaryl/α,β-unsaturated/α-hetero) is 1. The highest BCUT2D eigenvalue weighted by Gasteiger charge is 2.63. The number of hydrogen-bond donors (Lipinski definition) is 1. The van der Waals surface area contributed by atoms with Gasteiger partial charge in [-0.05, 0) is 236 Å². The second kappa shape index (κ2) is 31.5. The zero-order valence-electron chi connectivity index (χ0n) is 63.2. The van der Waals surface area contributed by atoms with E-state index in [1.165, 1.54) is 84.3 Å². The van der Waals surface area contributed by atoms with Crippen LogP contribution < -0.4 is 0 Å². The number of nitrogens with zero attached hydrogens (tertiary/aromatic N) is 3. The van der Waals surface area contributed by atoms with E-state index >= 15 is 0 Å². The monoisotopic (exact) mass is 1370 g/mol. The predicted octanol–water partition coefficient (Wildman–Crippen LogP) is 18.3. The molecule has 100 heavy (non-hydrogen) atoms. The van der Waals surface area contributed by atoms with Gasteiger partial charge in [-0.3, -0.25) is 9.59 Å². The van der Waals surface area contributed by atoms with Gasteiger partial charge in [-0.25, -0.2) is 9.59 Å². The van der Waals surface area contributed by atoms with Crippen LogP contribution in [0.1, 0.15) is 228 Å². The van der Waals surface area contributed by atoms with Crippen LogP contribution in [0.25, 0.3) is 0 Å². The number of amides is 2. The molecule has 3 aromatic rings. The van der Waals surface area contributed by atoms with Gasteiger partial charge in [-0.2, -0.15) is 0 Å². The molecule has 10 fully saturated rings. The molecule has 15 rings (SSSR count). The van der Waals surface area contributed by atoms with E-state index in [2.05, 4.69) is 81.1 Å². The fourth-order valence-corrected chi connectivity index (χ4v) is 23.3. The fourth-order valence-electron chi connectivity index (χ4n) is 23.3. The molecular formula is C87H125N3O10. The molecule has 0 aromatic heterocycles. The molecule has 13 nitrogen and oxygen atoms in total. The Kier molecular flexibility index (Phi) is 23.5. The summed E-state index contributed by atoms with van der Waals surface area (Å²) in [6.45, 7) is 33.1. The SMILES string of the molecule is CC(=O)OCc1ccccc1.CC1=C2C[C@H]3[C@@H](CC[C@@H]4CC(=O)CC[C@@]43C)[C@@H]2CC[C@@]2(C1)O[C@@H]1C[C@H](C)CN(C(=O)OCc3ccccc3)[C@H]1[C@H]2C.CC1=C2C[C@H]3[C@@H](CC[C@@H]4C[C@H](O)CC[C@@]43C)[C@@H]2CC[C@@]2(C1)O[C@@H]1C[C@H](C)CN(C(=O)OCc3ccccc3)[C@H]1[C@H]2C.CCN(CC)CC. The van der Waals surface area contributed by atoms with Crippen LogP contribution in [0.3, 0.4) is 0 Å². The van der Waals surface area contributed by atoms with E-state index in [0.29, 0.717) is 71.9 Å². The first-order valence-electron chi connectivity index (χ1n) is 39.8. The van der Waals surface area contributed by atoms with E-state index in [1.54, 1.807) is 22.3 Å². The Balaban J connectivity index is 0.000000152. The zero-order valence-corrected chi connectivity index (χ0v) is 63.2. The number of rotatable bonds is 9. The lowest BCUT2D eigenvalue weighted by molar-refractivity contribution is -0.142. The highest BCUT2D eigenvalue weighted by molar-refractivity contribution is 5.79. The Labute approximate surface area is 601 Å². The smallest absolute Gasteiger partial charge is 0.410 e. The van der Waals surface area contributed by atoms with Gasteiger partial charge in [0.15, 0.2) is 0 Å². The van der Waals surface area contributed by atoms with Crippen LogP contribution in [0, 0.1) is 81.8 Å². The van der Waals surface area contributed by atoms with Gasteiger partial charge < -0.3 is 43.5 Å². The van der Waals surface area contributed by atoms with Crippen LogP contribution in [0.5, 0.6) is 0 Å². The van der Waals surface area contributed by atoms with Crippen molar-refractivity contribution in [2.24, 2.45) is 81.8 Å². The highest BCUT2D eigenvalue weighted by atomic mass is 16.6. The molecular weight excluding hydrogens is 1250 g/mol. The lowest BCUT2D eigenvalue weighted by Crippen LogP contribution is -2.54. The average Bonchev–Trinajstić information content (AvgIpc) is 1.56. The first-order chi connectivity index (χ1) is 48.0. The van der Waals surface area contributed by atoms with Crippen molar-refractivity contribution in [3.63, 3.8) is 0 Å². The summed E-state index contributed by atoms with van der Waals surface area (Å²) >= 11 is 0. The number of fused-ring (bicyclic) bond motifs is 12. The number of benzene rings is 3. The van der Waals surface area contributed by atoms with Crippen molar-refractivity contribution in [3.8, 4) is 0 Å². The van der Waals surface area contributed by atoms with Gasteiger partial charge in [0.2, 0.25) is 0 Å². The van der Waals surface area contributed by atoms with Gasteiger partial charge >= 0.3 is 18.2 Å². The van der Waals surface area contributed by atoms with Gasteiger partial charge in [0.1, 0.15) is 25.6 Å². The maximum atomic E-state index is 13.5. The molecule has 0 unspecified atom stereocenters. The molecule has 4 aliphatic heterocycles. The molecule has 6 saturated carbocycles. The number of carbonyl (C=O) groups is 4. The second-order valence-corrected chi connectivity index (χ2v) is 34.4. The lowest BCUT2D eigenvalue weighted by atomic mass is 9.52. The van der Waals surface area contributed by atoms with E-state index in [4.69, 9.17) is 23.7 Å². The van der Waals surface area contributed by atoms with Crippen LogP contribution in [0.15, 0.2) is 113 Å². The Morgan fingerprint density at radius 1 is 0.540 bits per heavy atom. The summed E-state index contributed by atoms with van der Waals surface area (Å²) in [6.07, 6.45) is 21.9. The fraction of sp³-hybridized carbons (Fsp3) is 0.701. The number of allylic oxidation sites excluding steroid dienone is 2. The first-order valence-corrected chi connectivity index (χ1v) is 39.8. The molecule has 21 atom stereocenters. The van der Waals surface area contributed by atoms with E-state index in [1.807, 2.05) is 101 Å². The molecule has 2 spiro atoms. The third kappa shape index (κ3) is 15.3. The standard InChI is InChI=1S/C36H51NO4.C36H49NO4.C9H10O2.C6H15N/c2*1-22-16-32-33(37(20-22)34(39)40-21-25-8-6-5-7-9-25)24(3)36(41-32)15-13-28-29-11-10-26-17-27(38)12-14-35(26,4)31(29)18-30(28)23(2)19-36;1-8(10)11-7-9-5-3-2-4-6-9;1-4-7(5-2)6-3/h5-9,22,24,26-29,31-33,38H,10-21H2,1-4H3;5-9,22,24,26,28-29,31-33H,10-21H2,1-4H3;2-6H,7H2,1H3;4-6H2,1-3H3/t22-,24+,26+,27+,28-,29-,31-,32+,33-,35-,36-;22-,24+,26+,28-,29-,31-,32+,33-,35-,36-;;/m00../s1. The molecule has 8 aliphatic carbocycles. The van der Waals surface area contributed by atoms with Crippen molar-refractivity contribution in [2.75, 3.05) is 32.7 Å². The van der Waals surface area contributed by atoms with Gasteiger partial charge in [0.05, 0.1) is 41.6 Å². The Bertz CT molecular complexity index is 3350. The van der Waals surface area contributed by atoms with E-state index in [9.17, 15) is 24.3 Å². The van der Waals surface area contributed by atoms with Gasteiger partial charge in [0.25, 0.3) is 0 Å². The Morgan fingerprint density at radius 2 is 0.960 bits per heavy atom. The summed E-state index contributed by atoms with van der Waals surface area (Å²) in [5.74, 6) is 7.30. The zero-order chi connectivity index (χ0) is 70.8. The molecule has 548 valence electrons. The van der Waals surface area contributed by atoms with Crippen LogP contribution in [-0.2, 0) is 53.1 Å². The number of carbonyl (C=O) groups excluding carboxylic acids is 4. The van der Waals surface area contributed by atoms with Gasteiger partial charge in [0, 0.05) is 44.7 Å². The average molecular weight is 1370 g/mol. The van der Waals surface area contributed by atoms with E-state index < -0.39 is 0 Å². The largest absolute Gasteiger partial charge is 0.461 e. The maximum Gasteiger partial charge on any atom is 0.410 e. The third-order valence-electron chi connectivity index (χ3n) is 28.8. The Hall–Kier alpha value is -5.34. The summed E-state index contributed by atoms with van der Waals surface area (Å²) in [6, 6.07) is 29.7. The Morgan fingerprint density at radius 3 is 1.38 bits per heavy atom. The number of hydrogen-bond acceptors (Lipinski definition) is 11. The number of aliphatic hydroxyl groups is 1. The van der Waals surface area contributed by atoms with Crippen molar-refractivity contribution in [1.29, 1.82) is 0 Å². The number of likely N-dealkylation sites (tertiary alicyclic amines) is 2.